The molecule has 0 spiro atoms. The normalized spacial score (nSPS) is 10.5. The van der Waals surface area contributed by atoms with E-state index >= 15 is 0 Å². The fourth-order valence-electron chi connectivity index (χ4n) is 2.22. The van der Waals surface area contributed by atoms with Crippen LogP contribution in [0.2, 0.25) is 10.0 Å². The van der Waals surface area contributed by atoms with Gasteiger partial charge in [-0.15, -0.1) is 0 Å². The summed E-state index contributed by atoms with van der Waals surface area (Å²) in [6.45, 7) is 2.04. The van der Waals surface area contributed by atoms with Crippen molar-refractivity contribution in [2.75, 3.05) is 12.3 Å². The maximum absolute atomic E-state index is 12.2. The number of nitrogens with zero attached hydrogens (tertiary/aromatic N) is 1. The highest BCUT2D eigenvalue weighted by Crippen LogP contribution is 2.24. The Labute approximate surface area is 159 Å². The second-order valence-corrected chi connectivity index (χ2v) is 7.18. The number of rotatable bonds is 7. The Hall–Kier alpha value is -1.76. The standard InChI is InChI=1S/C17H16Cl2N2O3S/c1-11-13(3-2-4-16(11)21(23)24)17(22)20-7-8-25-10-12-5-6-14(18)15(19)9-12/h2-6,9H,7-8,10H2,1H3,(H,20,22). The van der Waals surface area contributed by atoms with Crippen LogP contribution in [0, 0.1) is 17.0 Å². The second-order valence-electron chi connectivity index (χ2n) is 5.26. The lowest BCUT2D eigenvalue weighted by atomic mass is 10.1. The van der Waals surface area contributed by atoms with Gasteiger partial charge in [-0.05, 0) is 30.7 Å². The number of nitro groups is 1. The summed E-state index contributed by atoms with van der Waals surface area (Å²) in [5.74, 6) is 1.15. The van der Waals surface area contributed by atoms with Gasteiger partial charge in [0.05, 0.1) is 15.0 Å². The fourth-order valence-corrected chi connectivity index (χ4v) is 3.35. The van der Waals surface area contributed by atoms with E-state index < -0.39 is 4.92 Å². The average molecular weight is 399 g/mol. The third-order valence-electron chi connectivity index (χ3n) is 3.53. The van der Waals surface area contributed by atoms with Crippen LogP contribution >= 0.6 is 35.0 Å². The molecule has 0 aromatic heterocycles. The van der Waals surface area contributed by atoms with E-state index in [9.17, 15) is 14.9 Å². The highest BCUT2D eigenvalue weighted by Gasteiger charge is 2.17. The van der Waals surface area contributed by atoms with Gasteiger partial charge < -0.3 is 5.32 Å². The van der Waals surface area contributed by atoms with Gasteiger partial charge in [0.2, 0.25) is 0 Å². The first-order valence-electron chi connectivity index (χ1n) is 7.44. The summed E-state index contributed by atoms with van der Waals surface area (Å²) in [6, 6.07) is 9.97. The molecule has 0 bridgehead atoms. The molecule has 0 radical (unpaired) electrons. The van der Waals surface area contributed by atoms with E-state index in [1.807, 2.05) is 12.1 Å². The minimum atomic E-state index is -0.487. The largest absolute Gasteiger partial charge is 0.351 e. The molecule has 25 heavy (non-hydrogen) atoms. The van der Waals surface area contributed by atoms with Crippen LogP contribution < -0.4 is 5.32 Å². The van der Waals surface area contributed by atoms with Gasteiger partial charge >= 0.3 is 0 Å². The van der Waals surface area contributed by atoms with Crippen molar-refractivity contribution < 1.29 is 9.72 Å². The number of nitro benzene ring substituents is 1. The lowest BCUT2D eigenvalue weighted by Gasteiger charge is -2.08. The quantitative estimate of drug-likeness (QED) is 0.410. The van der Waals surface area contributed by atoms with Gasteiger partial charge in [0, 0.05) is 35.2 Å². The SMILES string of the molecule is Cc1c(C(=O)NCCSCc2ccc(Cl)c(Cl)c2)cccc1[N+](=O)[O-]. The number of hydrogen-bond acceptors (Lipinski definition) is 4. The molecule has 2 aromatic carbocycles. The Morgan fingerprint density at radius 1 is 1.24 bits per heavy atom. The van der Waals surface area contributed by atoms with Crippen LogP contribution in [-0.2, 0) is 5.75 Å². The number of carbonyl (C=O) groups excluding carboxylic acids is 1. The van der Waals surface area contributed by atoms with Gasteiger partial charge in [-0.1, -0.05) is 35.3 Å². The molecular formula is C17H16Cl2N2O3S. The summed E-state index contributed by atoms with van der Waals surface area (Å²) in [5.41, 5.74) is 1.69. The zero-order valence-corrected chi connectivity index (χ0v) is 15.7. The molecule has 0 heterocycles. The monoisotopic (exact) mass is 398 g/mol. The predicted molar refractivity (Wildman–Crippen MR) is 103 cm³/mol. The number of halogens is 2. The molecule has 0 unspecified atom stereocenters. The fraction of sp³-hybridized carbons (Fsp3) is 0.235. The number of thioether (sulfide) groups is 1. The van der Waals surface area contributed by atoms with E-state index in [1.54, 1.807) is 30.8 Å². The molecule has 0 fully saturated rings. The summed E-state index contributed by atoms with van der Waals surface area (Å²) in [4.78, 5) is 22.6. The van der Waals surface area contributed by atoms with E-state index in [2.05, 4.69) is 5.32 Å². The lowest BCUT2D eigenvalue weighted by Crippen LogP contribution is -2.26. The molecule has 8 heteroatoms. The Morgan fingerprint density at radius 3 is 2.68 bits per heavy atom. The second kappa shape index (κ2) is 9.08. The molecule has 132 valence electrons. The molecule has 0 aliphatic rings. The van der Waals surface area contributed by atoms with Crippen molar-refractivity contribution in [3.05, 3.63) is 73.2 Å². The van der Waals surface area contributed by atoms with Crippen molar-refractivity contribution in [3.63, 3.8) is 0 Å². The molecule has 2 rings (SSSR count). The third-order valence-corrected chi connectivity index (χ3v) is 5.30. The summed E-state index contributed by atoms with van der Waals surface area (Å²) in [6.07, 6.45) is 0. The van der Waals surface area contributed by atoms with Gasteiger partial charge in [0.25, 0.3) is 11.6 Å². The van der Waals surface area contributed by atoms with Crippen molar-refractivity contribution in [2.24, 2.45) is 0 Å². The summed E-state index contributed by atoms with van der Waals surface area (Å²) in [5, 5.41) is 14.8. The number of hydrogen-bond donors (Lipinski definition) is 1. The minimum Gasteiger partial charge on any atom is -0.351 e. The maximum atomic E-state index is 12.2. The first-order chi connectivity index (χ1) is 11.9. The molecule has 2 aromatic rings. The molecule has 5 nitrogen and oxygen atoms in total. The van der Waals surface area contributed by atoms with Crippen molar-refractivity contribution in [1.82, 2.24) is 5.32 Å². The van der Waals surface area contributed by atoms with Crippen LogP contribution in [0.4, 0.5) is 5.69 Å². The molecule has 0 atom stereocenters. The van der Waals surface area contributed by atoms with E-state index in [0.29, 0.717) is 33.5 Å². The number of benzene rings is 2. The van der Waals surface area contributed by atoms with Gasteiger partial charge in [0.1, 0.15) is 0 Å². The summed E-state index contributed by atoms with van der Waals surface area (Å²) < 4.78 is 0. The van der Waals surface area contributed by atoms with Gasteiger partial charge in [-0.3, -0.25) is 14.9 Å². The van der Waals surface area contributed by atoms with Crippen molar-refractivity contribution in [1.29, 1.82) is 0 Å². The Bertz CT molecular complexity index is 799. The van der Waals surface area contributed by atoms with Gasteiger partial charge in [0.15, 0.2) is 0 Å². The van der Waals surface area contributed by atoms with Crippen molar-refractivity contribution >= 4 is 46.6 Å². The minimum absolute atomic E-state index is 0.0540. The van der Waals surface area contributed by atoms with Crippen LogP contribution in [0.3, 0.4) is 0 Å². The number of nitrogens with one attached hydrogen (secondary N) is 1. The maximum Gasteiger partial charge on any atom is 0.273 e. The lowest BCUT2D eigenvalue weighted by molar-refractivity contribution is -0.385. The molecule has 0 aliphatic heterocycles. The molecule has 0 aliphatic carbocycles. The first-order valence-corrected chi connectivity index (χ1v) is 9.35. The highest BCUT2D eigenvalue weighted by atomic mass is 35.5. The van der Waals surface area contributed by atoms with Crippen LogP contribution in [0.25, 0.3) is 0 Å². The molecule has 0 saturated heterocycles. The molecule has 1 amide bonds. The van der Waals surface area contributed by atoms with E-state index in [-0.39, 0.29) is 11.6 Å². The van der Waals surface area contributed by atoms with Crippen LogP contribution in [-0.4, -0.2) is 23.1 Å². The zero-order chi connectivity index (χ0) is 18.4. The van der Waals surface area contributed by atoms with Gasteiger partial charge in [-0.2, -0.15) is 11.8 Å². The van der Waals surface area contributed by atoms with Crippen LogP contribution in [0.5, 0.6) is 0 Å². The molecule has 1 N–H and O–H groups in total. The Balaban J connectivity index is 1.82. The Morgan fingerprint density at radius 2 is 2.00 bits per heavy atom. The van der Waals surface area contributed by atoms with E-state index in [4.69, 9.17) is 23.2 Å². The van der Waals surface area contributed by atoms with Crippen molar-refractivity contribution in [2.45, 2.75) is 12.7 Å². The summed E-state index contributed by atoms with van der Waals surface area (Å²) >= 11 is 13.5. The highest BCUT2D eigenvalue weighted by molar-refractivity contribution is 7.98. The van der Waals surface area contributed by atoms with E-state index in [1.165, 1.54) is 12.1 Å². The molecule has 0 saturated carbocycles. The van der Waals surface area contributed by atoms with Crippen LogP contribution in [0.15, 0.2) is 36.4 Å². The topological polar surface area (TPSA) is 72.2 Å². The van der Waals surface area contributed by atoms with Crippen molar-refractivity contribution in [3.8, 4) is 0 Å². The zero-order valence-electron chi connectivity index (χ0n) is 13.4. The molecular weight excluding hydrogens is 383 g/mol. The van der Waals surface area contributed by atoms with Crippen LogP contribution in [0.1, 0.15) is 21.5 Å². The first kappa shape index (κ1) is 19.6. The predicted octanol–water partition coefficient (Wildman–Crippen LogP) is 4.87. The Kier molecular flexibility index (Phi) is 7.11. The van der Waals surface area contributed by atoms with E-state index in [0.717, 1.165) is 11.3 Å². The third kappa shape index (κ3) is 5.36. The summed E-state index contributed by atoms with van der Waals surface area (Å²) in [7, 11) is 0. The smallest absolute Gasteiger partial charge is 0.273 e. The van der Waals surface area contributed by atoms with Gasteiger partial charge in [-0.25, -0.2) is 0 Å². The number of amides is 1. The number of carbonyl (C=O) groups is 1. The average Bonchev–Trinajstić information content (AvgIpc) is 2.57.